The predicted octanol–water partition coefficient (Wildman–Crippen LogP) is 1.47. The number of ether oxygens (including phenoxy) is 1. The average Bonchev–Trinajstić information content (AvgIpc) is 3.03. The van der Waals surface area contributed by atoms with Crippen molar-refractivity contribution in [3.63, 3.8) is 0 Å². The van der Waals surface area contributed by atoms with E-state index < -0.39 is 0 Å². The summed E-state index contributed by atoms with van der Waals surface area (Å²) < 4.78 is 6.95. The number of nitrogens with zero attached hydrogens (tertiary/aromatic N) is 4. The highest BCUT2D eigenvalue weighted by molar-refractivity contribution is 8.16. The summed E-state index contributed by atoms with van der Waals surface area (Å²) in [6.45, 7) is 3.74. The fourth-order valence-electron chi connectivity index (χ4n) is 2.50. The lowest BCUT2D eigenvalue weighted by Gasteiger charge is -2.24. The minimum Gasteiger partial charge on any atom is -0.379 e. The fourth-order valence-corrected chi connectivity index (χ4v) is 3.39. The molecular weight excluding hydrogens is 288 g/mol. The molecule has 1 fully saturated rings. The summed E-state index contributed by atoms with van der Waals surface area (Å²) in [5, 5.41) is 1.23. The lowest BCUT2D eigenvalue weighted by atomic mass is 10.3. The summed E-state index contributed by atoms with van der Waals surface area (Å²) in [5.41, 5.74) is 1.70. The largest absolute Gasteiger partial charge is 0.379 e. The molecule has 1 saturated heterocycles. The molecule has 2 aromatic rings. The monoisotopic (exact) mass is 302 g/mol. The Morgan fingerprint density at radius 3 is 2.95 bits per heavy atom. The lowest BCUT2D eigenvalue weighted by molar-refractivity contribution is 0.0394. The maximum absolute atomic E-state index is 12.5. The van der Waals surface area contributed by atoms with E-state index in [9.17, 15) is 4.79 Å². The molecule has 0 saturated carbocycles. The molecule has 0 N–H and O–H groups in total. The third kappa shape index (κ3) is 2.27. The second kappa shape index (κ2) is 5.25. The first-order valence-electron chi connectivity index (χ1n) is 6.87. The normalized spacial score (nSPS) is 21.3. The van der Waals surface area contributed by atoms with E-state index in [4.69, 9.17) is 4.74 Å². The van der Waals surface area contributed by atoms with Gasteiger partial charge >= 0.3 is 0 Å². The zero-order valence-electron chi connectivity index (χ0n) is 11.4. The summed E-state index contributed by atoms with van der Waals surface area (Å²) in [6, 6.07) is 7.67. The number of carbonyl (C=O) groups excluding carboxylic acids is 1. The van der Waals surface area contributed by atoms with Gasteiger partial charge in [-0.25, -0.2) is 4.98 Å². The number of morpholine rings is 1. The molecule has 108 valence electrons. The number of hydrogen-bond acceptors (Lipinski definition) is 6. The number of benzene rings is 1. The molecule has 0 aliphatic carbocycles. The molecule has 0 bridgehead atoms. The van der Waals surface area contributed by atoms with Crippen LogP contribution < -0.4 is 0 Å². The fraction of sp³-hybridized carbons (Fsp3) is 0.357. The molecule has 0 spiro atoms. The maximum atomic E-state index is 12.5. The van der Waals surface area contributed by atoms with Gasteiger partial charge in [-0.2, -0.15) is 0 Å². The van der Waals surface area contributed by atoms with Gasteiger partial charge in [0.05, 0.1) is 30.9 Å². The highest BCUT2D eigenvalue weighted by atomic mass is 32.2. The van der Waals surface area contributed by atoms with Gasteiger partial charge in [-0.3, -0.25) is 19.3 Å². The number of aliphatic imine (C=N–C) groups is 1. The Labute approximate surface area is 125 Å². The van der Waals surface area contributed by atoms with Gasteiger partial charge in [0.25, 0.3) is 5.91 Å². The van der Waals surface area contributed by atoms with Gasteiger partial charge in [0, 0.05) is 13.1 Å². The maximum Gasteiger partial charge on any atom is 0.289 e. The van der Waals surface area contributed by atoms with E-state index in [0.29, 0.717) is 16.9 Å². The first-order chi connectivity index (χ1) is 10.3. The standard InChI is InChI=1S/C14H14N4O2S/c19-13-12(15-9-17-5-7-20-8-6-17)21-14-16-10-3-1-2-4-11(10)18(13)14/h1-4H,5-9H2/b15-12+. The number of para-hydroxylation sites is 2. The molecule has 0 atom stereocenters. The number of thioether (sulfide) groups is 1. The van der Waals surface area contributed by atoms with E-state index in [1.807, 2.05) is 24.3 Å². The van der Waals surface area contributed by atoms with Crippen molar-refractivity contribution in [2.75, 3.05) is 33.0 Å². The SMILES string of the molecule is O=C1/C(=N\CN2CCOCC2)Sc2nc3ccccc3n21. The number of carbonyl (C=O) groups is 1. The van der Waals surface area contributed by atoms with Crippen LogP contribution >= 0.6 is 11.8 Å². The van der Waals surface area contributed by atoms with Crippen LogP contribution in [-0.2, 0) is 4.74 Å². The van der Waals surface area contributed by atoms with Crippen LogP contribution in [0.1, 0.15) is 4.79 Å². The van der Waals surface area contributed by atoms with Crippen molar-refractivity contribution in [3.05, 3.63) is 24.3 Å². The van der Waals surface area contributed by atoms with E-state index in [0.717, 1.165) is 37.3 Å². The van der Waals surface area contributed by atoms with E-state index in [2.05, 4.69) is 14.9 Å². The number of rotatable bonds is 2. The first-order valence-corrected chi connectivity index (χ1v) is 7.69. The molecule has 2 aliphatic heterocycles. The van der Waals surface area contributed by atoms with Crippen molar-refractivity contribution in [1.29, 1.82) is 0 Å². The van der Waals surface area contributed by atoms with Crippen molar-refractivity contribution in [3.8, 4) is 0 Å². The molecule has 4 rings (SSSR count). The molecular formula is C14H14N4O2S. The van der Waals surface area contributed by atoms with Crippen molar-refractivity contribution >= 4 is 33.7 Å². The molecule has 0 radical (unpaired) electrons. The third-order valence-electron chi connectivity index (χ3n) is 3.62. The summed E-state index contributed by atoms with van der Waals surface area (Å²) in [5.74, 6) is -0.0723. The summed E-state index contributed by atoms with van der Waals surface area (Å²) in [6.07, 6.45) is 0. The van der Waals surface area contributed by atoms with Gasteiger partial charge in [0.15, 0.2) is 10.2 Å². The average molecular weight is 302 g/mol. The van der Waals surface area contributed by atoms with Crippen molar-refractivity contribution in [1.82, 2.24) is 14.5 Å². The Kier molecular flexibility index (Phi) is 3.25. The zero-order chi connectivity index (χ0) is 14.2. The molecule has 1 aromatic carbocycles. The topological polar surface area (TPSA) is 59.7 Å². The second-order valence-electron chi connectivity index (χ2n) is 4.96. The number of aromatic nitrogens is 2. The van der Waals surface area contributed by atoms with Crippen LogP contribution in [-0.4, -0.2) is 58.4 Å². The van der Waals surface area contributed by atoms with Crippen LogP contribution in [0.2, 0.25) is 0 Å². The van der Waals surface area contributed by atoms with Crippen LogP contribution in [0.4, 0.5) is 0 Å². The molecule has 0 unspecified atom stereocenters. The summed E-state index contributed by atoms with van der Waals surface area (Å²) >= 11 is 1.35. The van der Waals surface area contributed by atoms with E-state index in [-0.39, 0.29) is 5.91 Å². The van der Waals surface area contributed by atoms with Crippen LogP contribution in [0.15, 0.2) is 34.4 Å². The quantitative estimate of drug-likeness (QED) is 0.841. The van der Waals surface area contributed by atoms with Gasteiger partial charge in [0.2, 0.25) is 0 Å². The van der Waals surface area contributed by atoms with Gasteiger partial charge in [-0.05, 0) is 23.9 Å². The number of fused-ring (bicyclic) bond motifs is 3. The van der Waals surface area contributed by atoms with Gasteiger partial charge in [0.1, 0.15) is 0 Å². The van der Waals surface area contributed by atoms with Crippen LogP contribution in [0.25, 0.3) is 11.0 Å². The zero-order valence-corrected chi connectivity index (χ0v) is 12.2. The Hall–Kier alpha value is -1.70. The molecule has 0 amide bonds. The van der Waals surface area contributed by atoms with Crippen LogP contribution in [0.3, 0.4) is 0 Å². The first kappa shape index (κ1) is 13.0. The minimum absolute atomic E-state index is 0.0723. The van der Waals surface area contributed by atoms with Crippen molar-refractivity contribution in [2.45, 2.75) is 5.16 Å². The highest BCUT2D eigenvalue weighted by Crippen LogP contribution is 2.31. The molecule has 2 aliphatic rings. The van der Waals surface area contributed by atoms with Gasteiger partial charge in [-0.1, -0.05) is 12.1 Å². The smallest absolute Gasteiger partial charge is 0.289 e. The molecule has 7 heteroatoms. The summed E-state index contributed by atoms with van der Waals surface area (Å²) in [4.78, 5) is 23.6. The Bertz CT molecular complexity index is 734. The second-order valence-corrected chi connectivity index (χ2v) is 5.92. The van der Waals surface area contributed by atoms with E-state index in [1.54, 1.807) is 4.57 Å². The Morgan fingerprint density at radius 1 is 1.29 bits per heavy atom. The number of hydrogen-bond donors (Lipinski definition) is 0. The summed E-state index contributed by atoms with van der Waals surface area (Å²) in [7, 11) is 0. The van der Waals surface area contributed by atoms with Crippen LogP contribution in [0.5, 0.6) is 0 Å². The molecule has 6 nitrogen and oxygen atoms in total. The molecule has 21 heavy (non-hydrogen) atoms. The highest BCUT2D eigenvalue weighted by Gasteiger charge is 2.30. The lowest BCUT2D eigenvalue weighted by Crippen LogP contribution is -2.36. The van der Waals surface area contributed by atoms with Gasteiger partial charge < -0.3 is 4.74 Å². The van der Waals surface area contributed by atoms with E-state index >= 15 is 0 Å². The van der Waals surface area contributed by atoms with Crippen molar-refractivity contribution in [2.24, 2.45) is 4.99 Å². The van der Waals surface area contributed by atoms with E-state index in [1.165, 1.54) is 11.8 Å². The minimum atomic E-state index is -0.0723. The van der Waals surface area contributed by atoms with Gasteiger partial charge in [-0.15, -0.1) is 0 Å². The Balaban J connectivity index is 1.58. The third-order valence-corrected chi connectivity index (χ3v) is 4.58. The Morgan fingerprint density at radius 2 is 2.10 bits per heavy atom. The number of imidazole rings is 1. The van der Waals surface area contributed by atoms with Crippen molar-refractivity contribution < 1.29 is 9.53 Å². The predicted molar refractivity (Wildman–Crippen MR) is 80.9 cm³/mol. The molecule has 1 aromatic heterocycles. The van der Waals surface area contributed by atoms with Crippen LogP contribution in [0, 0.1) is 0 Å². The molecule has 3 heterocycles.